The lowest BCUT2D eigenvalue weighted by Gasteiger charge is -2.33. The van der Waals surface area contributed by atoms with Crippen LogP contribution in [-0.4, -0.2) is 49.5 Å². The maximum atomic E-state index is 13.1. The number of aromatic nitrogens is 3. The molecule has 9 heteroatoms. The van der Waals surface area contributed by atoms with E-state index >= 15 is 0 Å². The Morgan fingerprint density at radius 2 is 1.96 bits per heavy atom. The van der Waals surface area contributed by atoms with Gasteiger partial charge in [-0.2, -0.15) is 0 Å². The summed E-state index contributed by atoms with van der Waals surface area (Å²) in [5.74, 6) is 0.734. The molecule has 1 unspecified atom stereocenters. The predicted octanol–water partition coefficient (Wildman–Crippen LogP) is 1.62. The van der Waals surface area contributed by atoms with Crippen LogP contribution in [0, 0.1) is 6.92 Å². The number of anilines is 1. The molecule has 1 atom stereocenters. The number of benzene rings is 1. The maximum absolute atomic E-state index is 13.1. The average molecular weight is 381 g/mol. The van der Waals surface area contributed by atoms with Crippen molar-refractivity contribution >= 4 is 34.9 Å². The number of piperidine rings is 1. The first-order chi connectivity index (χ1) is 13.0. The van der Waals surface area contributed by atoms with Crippen LogP contribution in [0.4, 0.5) is 5.82 Å². The Kier molecular flexibility index (Phi) is 4.65. The summed E-state index contributed by atoms with van der Waals surface area (Å²) in [5.41, 5.74) is 1.38. The fourth-order valence-corrected chi connectivity index (χ4v) is 4.79. The molecule has 1 aromatic carbocycles. The first kappa shape index (κ1) is 18.0. The molecule has 3 aromatic rings. The van der Waals surface area contributed by atoms with Crippen LogP contribution in [-0.2, 0) is 10.0 Å². The molecule has 7 nitrogen and oxygen atoms in total. The number of fused-ring (bicyclic) bond motifs is 1. The van der Waals surface area contributed by atoms with Gasteiger partial charge in [-0.15, -0.1) is 0 Å². The van der Waals surface area contributed by atoms with Crippen molar-refractivity contribution in [2.24, 2.45) is 0 Å². The Morgan fingerprint density at radius 3 is 2.70 bits per heavy atom. The Morgan fingerprint density at radius 1 is 1.19 bits per heavy atom. The molecule has 138 valence electrons. The highest BCUT2D eigenvalue weighted by Crippen LogP contribution is 2.28. The van der Waals surface area contributed by atoms with E-state index in [-0.39, 0.29) is 10.9 Å². The summed E-state index contributed by atoms with van der Waals surface area (Å²) in [5, 5.41) is 3.53. The lowest BCUT2D eigenvalue weighted by atomic mass is 10.0. The molecule has 0 spiro atoms. The van der Waals surface area contributed by atoms with Crippen LogP contribution in [0.2, 0.25) is 0 Å². The molecule has 27 heavy (non-hydrogen) atoms. The normalized spacial score (nSPS) is 18.1. The second-order valence-corrected chi connectivity index (χ2v) is 8.63. The van der Waals surface area contributed by atoms with Gasteiger partial charge in [-0.25, -0.2) is 22.4 Å². The second kappa shape index (κ2) is 6.97. The molecule has 3 heterocycles. The minimum atomic E-state index is -3.73. The van der Waals surface area contributed by atoms with Crippen molar-refractivity contribution in [1.82, 2.24) is 19.2 Å². The third-order valence-corrected chi connectivity index (χ3v) is 6.64. The minimum absolute atomic E-state index is 0.183. The first-order valence-electron chi connectivity index (χ1n) is 8.86. The van der Waals surface area contributed by atoms with E-state index in [1.165, 1.54) is 10.3 Å². The Labute approximate surface area is 159 Å². The smallest absolute Gasteiger partial charge is 0.269 e. The SMILES string of the molecule is [B]NC1CCCN(c2ncnc3c2ccn3S(=O)(=O)c2ccc(C)cc2)C1. The molecule has 0 bridgehead atoms. The van der Waals surface area contributed by atoms with Crippen molar-refractivity contribution in [3.63, 3.8) is 0 Å². The van der Waals surface area contributed by atoms with Gasteiger partial charge >= 0.3 is 0 Å². The molecular weight excluding hydrogens is 361 g/mol. The number of rotatable bonds is 4. The third-order valence-electron chi connectivity index (χ3n) is 4.96. The van der Waals surface area contributed by atoms with Gasteiger partial charge in [-0.3, -0.25) is 0 Å². The second-order valence-electron chi connectivity index (χ2n) is 6.82. The molecule has 4 rings (SSSR count). The van der Waals surface area contributed by atoms with E-state index in [4.69, 9.17) is 7.98 Å². The summed E-state index contributed by atoms with van der Waals surface area (Å²) in [6.07, 6.45) is 4.95. The van der Waals surface area contributed by atoms with Crippen molar-refractivity contribution in [2.75, 3.05) is 18.0 Å². The molecule has 1 aliphatic heterocycles. The van der Waals surface area contributed by atoms with E-state index in [0.717, 1.165) is 37.3 Å². The number of aryl methyl sites for hydroxylation is 1. The van der Waals surface area contributed by atoms with Gasteiger partial charge in [0, 0.05) is 25.3 Å². The van der Waals surface area contributed by atoms with E-state index in [1.807, 2.05) is 6.92 Å². The van der Waals surface area contributed by atoms with Crippen LogP contribution >= 0.6 is 0 Å². The lowest BCUT2D eigenvalue weighted by molar-refractivity contribution is 0.479. The molecule has 2 radical (unpaired) electrons. The zero-order valence-electron chi connectivity index (χ0n) is 15.0. The van der Waals surface area contributed by atoms with Crippen LogP contribution < -0.4 is 10.1 Å². The molecule has 1 aliphatic rings. The van der Waals surface area contributed by atoms with E-state index in [1.54, 1.807) is 36.5 Å². The Hall–Kier alpha value is -2.39. The fourth-order valence-electron chi connectivity index (χ4n) is 3.49. The summed E-state index contributed by atoms with van der Waals surface area (Å²) in [6.45, 7) is 3.49. The van der Waals surface area contributed by atoms with E-state index < -0.39 is 10.0 Å². The zero-order chi connectivity index (χ0) is 19.0. The quantitative estimate of drug-likeness (QED) is 0.692. The number of nitrogens with zero attached hydrogens (tertiary/aromatic N) is 4. The molecule has 1 N–H and O–H groups in total. The van der Waals surface area contributed by atoms with Crippen molar-refractivity contribution in [3.8, 4) is 0 Å². The predicted molar refractivity (Wildman–Crippen MR) is 105 cm³/mol. The van der Waals surface area contributed by atoms with Crippen molar-refractivity contribution < 1.29 is 8.42 Å². The van der Waals surface area contributed by atoms with Gasteiger partial charge in [0.15, 0.2) is 13.6 Å². The average Bonchev–Trinajstić information content (AvgIpc) is 3.13. The number of nitrogens with one attached hydrogen (secondary N) is 1. The van der Waals surface area contributed by atoms with Gasteiger partial charge in [0.2, 0.25) is 0 Å². The van der Waals surface area contributed by atoms with E-state index in [9.17, 15) is 8.42 Å². The molecule has 1 fully saturated rings. The minimum Gasteiger partial charge on any atom is -0.362 e. The summed E-state index contributed by atoms with van der Waals surface area (Å²) in [7, 11) is 1.87. The standard InChI is InChI=1S/C18H20BN5O2S/c1-13-4-6-15(7-5-13)27(25,26)24-10-8-16-17(20-12-21-18(16)24)23-9-2-3-14(11-23)22-19/h4-8,10,12,14,22H,2-3,9,11H2,1H3. The zero-order valence-corrected chi connectivity index (χ0v) is 15.9. The maximum Gasteiger partial charge on any atom is 0.269 e. The van der Waals surface area contributed by atoms with E-state index in [0.29, 0.717) is 11.0 Å². The van der Waals surface area contributed by atoms with Gasteiger partial charge in [0.1, 0.15) is 12.1 Å². The van der Waals surface area contributed by atoms with Gasteiger partial charge in [0.05, 0.1) is 10.3 Å². The van der Waals surface area contributed by atoms with Crippen molar-refractivity contribution in [1.29, 1.82) is 0 Å². The van der Waals surface area contributed by atoms with Crippen molar-refractivity contribution in [3.05, 3.63) is 48.4 Å². The van der Waals surface area contributed by atoms with Crippen LogP contribution in [0.3, 0.4) is 0 Å². The van der Waals surface area contributed by atoms with Gasteiger partial charge < -0.3 is 10.1 Å². The largest absolute Gasteiger partial charge is 0.362 e. The van der Waals surface area contributed by atoms with Crippen molar-refractivity contribution in [2.45, 2.75) is 30.7 Å². The van der Waals surface area contributed by atoms with Crippen LogP contribution in [0.5, 0.6) is 0 Å². The Balaban J connectivity index is 1.78. The first-order valence-corrected chi connectivity index (χ1v) is 10.3. The molecule has 0 aliphatic carbocycles. The monoisotopic (exact) mass is 381 g/mol. The number of hydrogen-bond donors (Lipinski definition) is 1. The Bertz CT molecular complexity index is 1070. The molecule has 0 amide bonds. The van der Waals surface area contributed by atoms with Crippen LogP contribution in [0.1, 0.15) is 18.4 Å². The summed E-state index contributed by atoms with van der Waals surface area (Å²) in [4.78, 5) is 11.0. The van der Waals surface area contributed by atoms with Crippen LogP contribution in [0.25, 0.3) is 11.0 Å². The third kappa shape index (κ3) is 3.21. The molecule has 1 saturated heterocycles. The summed E-state index contributed by atoms with van der Waals surface area (Å²) in [6, 6.07) is 8.73. The van der Waals surface area contributed by atoms with E-state index in [2.05, 4.69) is 20.1 Å². The molecular formula is C18H20BN5O2S. The van der Waals surface area contributed by atoms with Gasteiger partial charge in [-0.05, 0) is 38.0 Å². The highest BCUT2D eigenvalue weighted by atomic mass is 32.2. The summed E-state index contributed by atoms with van der Waals surface area (Å²) >= 11 is 0. The highest BCUT2D eigenvalue weighted by molar-refractivity contribution is 7.90. The van der Waals surface area contributed by atoms with Gasteiger partial charge in [-0.1, -0.05) is 17.7 Å². The van der Waals surface area contributed by atoms with Gasteiger partial charge in [0.25, 0.3) is 10.0 Å². The molecule has 2 aromatic heterocycles. The number of hydrogen-bond acceptors (Lipinski definition) is 6. The fraction of sp³-hybridized carbons (Fsp3) is 0.333. The molecule has 0 saturated carbocycles. The highest BCUT2D eigenvalue weighted by Gasteiger charge is 2.25. The summed E-state index contributed by atoms with van der Waals surface area (Å²) < 4.78 is 27.4. The topological polar surface area (TPSA) is 80.1 Å². The van der Waals surface area contributed by atoms with Crippen LogP contribution in [0.15, 0.2) is 47.8 Å². The lowest BCUT2D eigenvalue weighted by Crippen LogP contribution is -2.45.